The Morgan fingerprint density at radius 1 is 1.18 bits per heavy atom. The molecule has 4 rings (SSSR count). The lowest BCUT2D eigenvalue weighted by atomic mass is 9.85. The van der Waals surface area contributed by atoms with Crippen molar-refractivity contribution in [2.24, 2.45) is 0 Å². The highest BCUT2D eigenvalue weighted by molar-refractivity contribution is 7.09. The number of amides is 1. The van der Waals surface area contributed by atoms with Crippen LogP contribution in [0.25, 0.3) is 10.6 Å². The third-order valence-electron chi connectivity index (χ3n) is 6.59. The molecule has 0 bridgehead atoms. The molecule has 0 unspecified atom stereocenters. The quantitative estimate of drug-likeness (QED) is 0.247. The van der Waals surface area contributed by atoms with E-state index in [1.807, 2.05) is 49.4 Å². The maximum atomic E-state index is 13.5. The van der Waals surface area contributed by atoms with Crippen LogP contribution in [0.1, 0.15) is 65.1 Å². The summed E-state index contributed by atoms with van der Waals surface area (Å²) in [6, 6.07) is 16.6. The zero-order chi connectivity index (χ0) is 29.0. The summed E-state index contributed by atoms with van der Waals surface area (Å²) in [4.78, 5) is 27.3. The van der Waals surface area contributed by atoms with E-state index >= 15 is 0 Å². The van der Waals surface area contributed by atoms with Crippen molar-refractivity contribution in [2.75, 3.05) is 0 Å². The minimum absolute atomic E-state index is 0.122. The van der Waals surface area contributed by atoms with E-state index in [4.69, 9.17) is 20.9 Å². The number of carbonyl (C=O) groups excluding carboxylic acids is 2. The van der Waals surface area contributed by atoms with Gasteiger partial charge in [0.2, 0.25) is 0 Å². The summed E-state index contributed by atoms with van der Waals surface area (Å²) < 4.78 is 15.0. The molecule has 4 aromatic rings. The molecule has 0 aliphatic rings. The van der Waals surface area contributed by atoms with Gasteiger partial charge in [0.15, 0.2) is 11.4 Å². The molecule has 11 heteroatoms. The first kappa shape index (κ1) is 28.9. The normalized spacial score (nSPS) is 12.8. The van der Waals surface area contributed by atoms with Crippen molar-refractivity contribution in [3.05, 3.63) is 87.2 Å². The Morgan fingerprint density at radius 2 is 1.90 bits per heavy atom. The lowest BCUT2D eigenvalue weighted by molar-refractivity contribution is -0.138. The number of nitrogens with zero attached hydrogens (tertiary/aromatic N) is 4. The number of aromatic nitrogens is 3. The molecule has 40 heavy (non-hydrogen) atoms. The van der Waals surface area contributed by atoms with E-state index < -0.39 is 17.5 Å². The second-order valence-corrected chi connectivity index (χ2v) is 11.2. The molecule has 2 atom stereocenters. The lowest BCUT2D eigenvalue weighted by Gasteiger charge is -2.30. The van der Waals surface area contributed by atoms with Gasteiger partial charge in [-0.1, -0.05) is 45.5 Å². The molecule has 2 heterocycles. The molecule has 2 aromatic carbocycles. The Labute approximate surface area is 241 Å². The molecule has 2 aromatic heterocycles. The van der Waals surface area contributed by atoms with E-state index in [0.29, 0.717) is 33.3 Å². The Hall–Kier alpha value is -4.07. The number of benzene rings is 2. The van der Waals surface area contributed by atoms with Crippen molar-refractivity contribution in [2.45, 2.75) is 58.6 Å². The van der Waals surface area contributed by atoms with Crippen LogP contribution in [0.4, 0.5) is 0 Å². The minimum atomic E-state index is -1.52. The van der Waals surface area contributed by atoms with E-state index in [2.05, 4.69) is 26.1 Å². The van der Waals surface area contributed by atoms with Crippen LogP contribution in [-0.2, 0) is 16.0 Å². The second kappa shape index (κ2) is 12.0. The second-order valence-electron chi connectivity index (χ2n) is 10.00. The van der Waals surface area contributed by atoms with E-state index in [1.165, 1.54) is 13.8 Å². The molecule has 1 amide bonds. The zero-order valence-corrected chi connectivity index (χ0v) is 24.3. The van der Waals surface area contributed by atoms with Gasteiger partial charge in [-0.2, -0.15) is 5.26 Å². The van der Waals surface area contributed by atoms with E-state index in [0.717, 1.165) is 22.7 Å². The maximum Gasteiger partial charge on any atom is 0.345 e. The van der Waals surface area contributed by atoms with Gasteiger partial charge < -0.3 is 14.6 Å². The highest BCUT2D eigenvalue weighted by Gasteiger charge is 2.37. The smallest absolute Gasteiger partial charge is 0.345 e. The monoisotopic (exact) mass is 577 g/mol. The highest BCUT2D eigenvalue weighted by Crippen LogP contribution is 2.32. The minimum Gasteiger partial charge on any atom is -0.446 e. The molecule has 0 aliphatic carbocycles. The van der Waals surface area contributed by atoms with Gasteiger partial charge in [-0.3, -0.25) is 4.79 Å². The number of esters is 1. The molecule has 206 valence electrons. The standard InChI is InChI=1S/C29H28ClN5O4S/c1-16(23(14-19-9-11-22(30)12-10-19)21-8-6-7-20(13-21)15-31)32-28(37)29(4,5)38-27(36)24-17(2)34-39-25(24)26-18(3)33-35-40-26/h6-13,16,23H,14H2,1-5H3,(H,32,37)/t16-,23+/m0/s1. The number of hydrogen-bond acceptors (Lipinski definition) is 9. The Bertz CT molecular complexity index is 1570. The van der Waals surface area contributed by atoms with Crippen LogP contribution in [-0.4, -0.2) is 38.3 Å². The number of ether oxygens (including phenoxy) is 1. The predicted octanol–water partition coefficient (Wildman–Crippen LogP) is 5.80. The molecular weight excluding hydrogens is 550 g/mol. The summed E-state index contributed by atoms with van der Waals surface area (Å²) in [5.74, 6) is -1.19. The fraction of sp³-hybridized carbons (Fsp3) is 0.310. The third kappa shape index (κ3) is 6.38. The first-order valence-corrected chi connectivity index (χ1v) is 13.7. The number of nitrogens with one attached hydrogen (secondary N) is 1. The first-order valence-electron chi connectivity index (χ1n) is 12.5. The van der Waals surface area contributed by atoms with Crippen LogP contribution < -0.4 is 5.32 Å². The number of halogens is 1. The molecule has 0 saturated heterocycles. The van der Waals surface area contributed by atoms with Crippen molar-refractivity contribution >= 4 is 35.0 Å². The van der Waals surface area contributed by atoms with Crippen molar-refractivity contribution in [1.29, 1.82) is 5.26 Å². The van der Waals surface area contributed by atoms with Crippen LogP contribution in [0, 0.1) is 25.2 Å². The maximum absolute atomic E-state index is 13.5. The number of nitriles is 1. The molecule has 0 radical (unpaired) electrons. The topological polar surface area (TPSA) is 131 Å². The average Bonchev–Trinajstić information content (AvgIpc) is 3.52. The summed E-state index contributed by atoms with van der Waals surface area (Å²) in [6.07, 6.45) is 0.583. The number of carbonyl (C=O) groups is 2. The van der Waals surface area contributed by atoms with E-state index in [1.54, 1.807) is 19.9 Å². The molecule has 0 saturated carbocycles. The van der Waals surface area contributed by atoms with Crippen LogP contribution in [0.15, 0.2) is 53.1 Å². The third-order valence-corrected chi connectivity index (χ3v) is 7.67. The fourth-order valence-electron chi connectivity index (χ4n) is 4.31. The van der Waals surface area contributed by atoms with Crippen molar-refractivity contribution < 1.29 is 18.8 Å². The molecule has 0 aliphatic heterocycles. The van der Waals surface area contributed by atoms with Gasteiger partial charge >= 0.3 is 5.97 Å². The predicted molar refractivity (Wildman–Crippen MR) is 151 cm³/mol. The van der Waals surface area contributed by atoms with Gasteiger partial charge in [0.05, 0.1) is 23.0 Å². The first-order chi connectivity index (χ1) is 19.0. The summed E-state index contributed by atoms with van der Waals surface area (Å²) in [5.41, 5.74) is 1.97. The Kier molecular flexibility index (Phi) is 8.67. The molecule has 1 N–H and O–H groups in total. The Balaban J connectivity index is 1.54. The fourth-order valence-corrected chi connectivity index (χ4v) is 5.08. The number of rotatable bonds is 9. The van der Waals surface area contributed by atoms with E-state index in [9.17, 15) is 14.9 Å². The average molecular weight is 578 g/mol. The van der Waals surface area contributed by atoms with Crippen LogP contribution in [0.2, 0.25) is 5.02 Å². The molecule has 9 nitrogen and oxygen atoms in total. The summed E-state index contributed by atoms with van der Waals surface area (Å²) in [5, 5.41) is 21.0. The van der Waals surface area contributed by atoms with Gasteiger partial charge in [0.1, 0.15) is 10.4 Å². The molecule has 0 fully saturated rings. The van der Waals surface area contributed by atoms with E-state index in [-0.39, 0.29) is 23.3 Å². The highest BCUT2D eigenvalue weighted by atomic mass is 35.5. The van der Waals surface area contributed by atoms with Gasteiger partial charge in [0, 0.05) is 17.0 Å². The van der Waals surface area contributed by atoms with Crippen LogP contribution in [0.3, 0.4) is 0 Å². The van der Waals surface area contributed by atoms with Gasteiger partial charge in [-0.15, -0.1) is 5.10 Å². The van der Waals surface area contributed by atoms with Gasteiger partial charge in [-0.25, -0.2) is 4.79 Å². The van der Waals surface area contributed by atoms with Crippen molar-refractivity contribution in [3.8, 4) is 16.7 Å². The summed E-state index contributed by atoms with van der Waals surface area (Å²) in [6.45, 7) is 8.31. The molecule has 0 spiro atoms. The van der Waals surface area contributed by atoms with Crippen molar-refractivity contribution in [3.63, 3.8) is 0 Å². The Morgan fingerprint density at radius 3 is 2.55 bits per heavy atom. The lowest BCUT2D eigenvalue weighted by Crippen LogP contribution is -2.50. The molecular formula is C29H28ClN5O4S. The van der Waals surface area contributed by atoms with Crippen molar-refractivity contribution in [1.82, 2.24) is 20.1 Å². The largest absolute Gasteiger partial charge is 0.446 e. The van der Waals surface area contributed by atoms with Gasteiger partial charge in [-0.05, 0) is 88.0 Å². The van der Waals surface area contributed by atoms with Crippen LogP contribution >= 0.6 is 23.1 Å². The summed E-state index contributed by atoms with van der Waals surface area (Å²) in [7, 11) is 0. The van der Waals surface area contributed by atoms with Crippen LogP contribution in [0.5, 0.6) is 0 Å². The number of aryl methyl sites for hydroxylation is 2. The zero-order valence-electron chi connectivity index (χ0n) is 22.7. The number of hydrogen-bond donors (Lipinski definition) is 1. The SMILES string of the molecule is Cc1nnsc1-c1onc(C)c1C(=O)OC(C)(C)C(=O)N[C@@H](C)[C@@H](Cc1ccc(Cl)cc1)c1cccc(C#N)c1. The van der Waals surface area contributed by atoms with Gasteiger partial charge in [0.25, 0.3) is 5.91 Å². The summed E-state index contributed by atoms with van der Waals surface area (Å²) >= 11 is 7.15.